The molecule has 0 spiro atoms. The Morgan fingerprint density at radius 1 is 0.341 bits per heavy atom. The average molecular weight is 607 g/mol. The van der Waals surface area contributed by atoms with Gasteiger partial charge in [0.1, 0.15) is 46.4 Å². The molecule has 0 fully saturated rings. The largest absolute Gasteiger partial charge is 0.109 e. The van der Waals surface area contributed by atoms with E-state index in [-0.39, 0.29) is 0 Å². The molecule has 0 heterocycles. The monoisotopic (exact) mass is 606 g/mol. The summed E-state index contributed by atoms with van der Waals surface area (Å²) in [5.74, 6) is 0. The molecule has 0 aliphatic heterocycles. The summed E-state index contributed by atoms with van der Waals surface area (Å²) >= 11 is 0. The topological polar surface area (TPSA) is 0 Å². The van der Waals surface area contributed by atoms with E-state index in [1.807, 2.05) is 0 Å². The molecule has 6 aromatic carbocycles. The van der Waals surface area contributed by atoms with E-state index >= 15 is 0 Å². The minimum absolute atomic E-state index is 1.03. The highest BCUT2D eigenvalue weighted by Crippen LogP contribution is 2.54. The standard InChI is InChI=1S/C42H40P2/c1-43(37-15-7-3-8-16-37,38-17-9-4-10-18-38)41-31-33-23-27-35(41)29-25-34-24-28-36(30-26-33)42(32-34)44(2,39-19-11-5-12-20-39)40-21-13-6-14-22-40/h3-24,27-28,31-32H,25-26,29-30H2,1-2H3/q+2. The lowest BCUT2D eigenvalue weighted by Crippen LogP contribution is -2.34. The second-order valence-corrected chi connectivity index (χ2v) is 19.3. The van der Waals surface area contributed by atoms with Gasteiger partial charge >= 0.3 is 0 Å². The summed E-state index contributed by atoms with van der Waals surface area (Å²) in [4.78, 5) is 0. The van der Waals surface area contributed by atoms with Gasteiger partial charge in [0.15, 0.2) is 0 Å². The first-order valence-electron chi connectivity index (χ1n) is 15.8. The molecule has 44 heavy (non-hydrogen) atoms. The fourth-order valence-corrected chi connectivity index (χ4v) is 14.3. The fraction of sp³-hybridized carbons (Fsp3) is 0.143. The molecule has 0 unspecified atom stereocenters. The van der Waals surface area contributed by atoms with Gasteiger partial charge < -0.3 is 0 Å². The SMILES string of the molecule is C[P+](c1ccccc1)(c1ccccc1)c1cc2ccc1CCc1ccc(c([P+](C)(c3ccccc3)c3ccccc3)c1)CC2. The van der Waals surface area contributed by atoms with Gasteiger partial charge in [-0.1, -0.05) is 97.1 Å². The number of rotatable bonds is 6. The van der Waals surface area contributed by atoms with Gasteiger partial charge in [0, 0.05) is 0 Å². The van der Waals surface area contributed by atoms with Crippen LogP contribution in [0.4, 0.5) is 0 Å². The van der Waals surface area contributed by atoms with Gasteiger partial charge in [-0.25, -0.2) is 0 Å². The van der Waals surface area contributed by atoms with Crippen LogP contribution >= 0.6 is 14.5 Å². The molecule has 0 N–H and O–H groups in total. The van der Waals surface area contributed by atoms with Crippen molar-refractivity contribution in [2.24, 2.45) is 0 Å². The maximum atomic E-state index is 2.58. The molecule has 0 aromatic heterocycles. The van der Waals surface area contributed by atoms with Crippen LogP contribution in [-0.2, 0) is 25.7 Å². The highest BCUT2D eigenvalue weighted by Gasteiger charge is 2.43. The number of hydrogen-bond donors (Lipinski definition) is 0. The Hall–Kier alpha value is -3.82. The summed E-state index contributed by atoms with van der Waals surface area (Å²) in [6.45, 7) is 5.07. The molecule has 0 nitrogen and oxygen atoms in total. The maximum absolute atomic E-state index is 2.58. The van der Waals surface area contributed by atoms with Crippen molar-refractivity contribution in [3.05, 3.63) is 180 Å². The summed E-state index contributed by atoms with van der Waals surface area (Å²) < 4.78 is 0. The van der Waals surface area contributed by atoms with E-state index in [0.717, 1.165) is 25.7 Å². The highest BCUT2D eigenvalue weighted by molar-refractivity contribution is 7.95. The lowest BCUT2D eigenvalue weighted by atomic mass is 9.96. The molecule has 10 rings (SSSR count). The second-order valence-electron chi connectivity index (χ2n) is 12.3. The zero-order valence-electron chi connectivity index (χ0n) is 25.7. The molecule has 216 valence electrons. The summed E-state index contributed by atoms with van der Waals surface area (Å²) in [7, 11) is -3.65. The van der Waals surface area contributed by atoms with Crippen LogP contribution in [0.5, 0.6) is 0 Å². The maximum Gasteiger partial charge on any atom is 0.109 e. The smallest absolute Gasteiger partial charge is 0.0620 e. The predicted octanol–water partition coefficient (Wildman–Crippen LogP) is 7.42. The quantitative estimate of drug-likeness (QED) is 0.173. The summed E-state index contributed by atoms with van der Waals surface area (Å²) in [6, 6.07) is 59.9. The molecule has 0 atom stereocenters. The van der Waals surface area contributed by atoms with Gasteiger partial charge in [-0.2, -0.15) is 0 Å². The molecule has 0 saturated heterocycles. The van der Waals surface area contributed by atoms with Gasteiger partial charge in [0.05, 0.1) is 13.3 Å². The molecular weight excluding hydrogens is 566 g/mol. The van der Waals surface area contributed by atoms with Gasteiger partial charge in [0.2, 0.25) is 0 Å². The van der Waals surface area contributed by atoms with E-state index in [1.54, 1.807) is 10.6 Å². The summed E-state index contributed by atoms with van der Waals surface area (Å²) in [5, 5.41) is 8.91. The number of benzene rings is 6. The van der Waals surface area contributed by atoms with Crippen molar-refractivity contribution < 1.29 is 0 Å². The zero-order valence-corrected chi connectivity index (χ0v) is 27.5. The minimum Gasteiger partial charge on any atom is -0.0620 e. The number of aryl methyl sites for hydroxylation is 4. The van der Waals surface area contributed by atoms with Gasteiger partial charge in [-0.3, -0.25) is 0 Å². The van der Waals surface area contributed by atoms with Crippen LogP contribution in [0.3, 0.4) is 0 Å². The molecule has 0 saturated carbocycles. The molecule has 0 radical (unpaired) electrons. The molecule has 4 bridgehead atoms. The lowest BCUT2D eigenvalue weighted by Gasteiger charge is -2.28. The van der Waals surface area contributed by atoms with Crippen molar-refractivity contribution in [2.75, 3.05) is 13.3 Å². The average Bonchev–Trinajstić information content (AvgIpc) is 3.10. The van der Waals surface area contributed by atoms with E-state index in [9.17, 15) is 0 Å². The van der Waals surface area contributed by atoms with Crippen LogP contribution in [0, 0.1) is 0 Å². The second kappa shape index (κ2) is 12.3. The summed E-state index contributed by atoms with van der Waals surface area (Å²) in [6.07, 6.45) is 4.14. The minimum atomic E-state index is -1.83. The molecular formula is C42H40P2+2. The zero-order chi connectivity index (χ0) is 30.0. The summed E-state index contributed by atoms with van der Waals surface area (Å²) in [5.41, 5.74) is 5.87. The van der Waals surface area contributed by atoms with E-state index in [1.165, 1.54) is 43.5 Å². The molecule has 2 heteroatoms. The van der Waals surface area contributed by atoms with Crippen LogP contribution < -0.4 is 31.8 Å². The molecule has 6 aromatic rings. The van der Waals surface area contributed by atoms with Crippen molar-refractivity contribution in [1.29, 1.82) is 0 Å². The van der Waals surface area contributed by atoms with Crippen molar-refractivity contribution in [1.82, 2.24) is 0 Å². The first-order chi connectivity index (χ1) is 21.6. The fourth-order valence-electron chi connectivity index (χ4n) is 7.10. The number of hydrogen-bond acceptors (Lipinski definition) is 0. The lowest BCUT2D eigenvalue weighted by molar-refractivity contribution is 0.932. The van der Waals surface area contributed by atoms with E-state index < -0.39 is 14.5 Å². The first kappa shape index (κ1) is 28.9. The third-order valence-electron chi connectivity index (χ3n) is 9.72. The van der Waals surface area contributed by atoms with Gasteiger partial charge in [0.25, 0.3) is 0 Å². The molecule has 4 aliphatic carbocycles. The van der Waals surface area contributed by atoms with Crippen molar-refractivity contribution in [2.45, 2.75) is 25.7 Å². The third kappa shape index (κ3) is 5.26. The Balaban J connectivity index is 1.36. The van der Waals surface area contributed by atoms with Gasteiger partial charge in [-0.15, -0.1) is 0 Å². The van der Waals surface area contributed by atoms with Crippen LogP contribution in [0.1, 0.15) is 22.3 Å². The predicted molar refractivity (Wildman–Crippen MR) is 197 cm³/mol. The van der Waals surface area contributed by atoms with E-state index in [0.29, 0.717) is 0 Å². The van der Waals surface area contributed by atoms with Crippen LogP contribution in [0.15, 0.2) is 158 Å². The third-order valence-corrected chi connectivity index (χ3v) is 17.8. The van der Waals surface area contributed by atoms with Crippen LogP contribution in [0.2, 0.25) is 0 Å². The Bertz CT molecular complexity index is 1640. The Kier molecular flexibility index (Phi) is 8.08. The normalized spacial score (nSPS) is 13.3. The highest BCUT2D eigenvalue weighted by atomic mass is 31.2. The first-order valence-corrected chi connectivity index (χ1v) is 20.2. The van der Waals surface area contributed by atoms with E-state index in [2.05, 4.69) is 171 Å². The van der Waals surface area contributed by atoms with E-state index in [4.69, 9.17) is 0 Å². The Morgan fingerprint density at radius 2 is 0.636 bits per heavy atom. The van der Waals surface area contributed by atoms with Crippen molar-refractivity contribution in [3.63, 3.8) is 0 Å². The molecule has 0 amide bonds. The van der Waals surface area contributed by atoms with Crippen molar-refractivity contribution in [3.8, 4) is 0 Å². The Morgan fingerprint density at radius 3 is 0.932 bits per heavy atom. The molecule has 4 aliphatic rings. The Labute approximate surface area is 264 Å². The van der Waals surface area contributed by atoms with Crippen LogP contribution in [-0.4, -0.2) is 13.3 Å². The van der Waals surface area contributed by atoms with Crippen LogP contribution in [0.25, 0.3) is 0 Å². The van der Waals surface area contributed by atoms with Gasteiger partial charge in [-0.05, 0) is 109 Å². The van der Waals surface area contributed by atoms with Crippen molar-refractivity contribution >= 4 is 46.4 Å².